The average Bonchev–Trinajstić information content (AvgIpc) is 2.78. The number of carbonyl (C=O) groups is 1. The van der Waals surface area contributed by atoms with Crippen molar-refractivity contribution >= 4 is 11.6 Å². The van der Waals surface area contributed by atoms with E-state index in [0.717, 1.165) is 5.56 Å². The molecule has 0 spiro atoms. The molecule has 0 bridgehead atoms. The third kappa shape index (κ3) is 2.23. The molecule has 90 valence electrons. The molecule has 5 nitrogen and oxygen atoms in total. The monoisotopic (exact) mass is 241 g/mol. The summed E-state index contributed by atoms with van der Waals surface area (Å²) in [6.07, 6.45) is 1.37. The molecule has 5 heteroatoms. The number of benzene rings is 1. The van der Waals surface area contributed by atoms with Crippen molar-refractivity contribution in [1.82, 2.24) is 5.16 Å². The second kappa shape index (κ2) is 4.72. The Labute approximate surface area is 104 Å². The highest BCUT2D eigenvalue weighted by molar-refractivity contribution is 6.05. The molecule has 0 aliphatic heterocycles. The van der Waals surface area contributed by atoms with E-state index >= 15 is 0 Å². The summed E-state index contributed by atoms with van der Waals surface area (Å²) >= 11 is 0. The first-order chi connectivity index (χ1) is 8.61. The van der Waals surface area contributed by atoms with Gasteiger partial charge in [-0.05, 0) is 31.5 Å². The van der Waals surface area contributed by atoms with Gasteiger partial charge in [-0.3, -0.25) is 4.79 Å². The lowest BCUT2D eigenvalue weighted by molar-refractivity contribution is 0.102. The van der Waals surface area contributed by atoms with Crippen molar-refractivity contribution in [2.75, 3.05) is 5.32 Å². The Morgan fingerprint density at radius 3 is 2.83 bits per heavy atom. The molecule has 1 aromatic carbocycles. The third-order valence-electron chi connectivity index (χ3n) is 2.61. The van der Waals surface area contributed by atoms with E-state index in [1.165, 1.54) is 6.20 Å². The molecule has 0 saturated heterocycles. The number of rotatable bonds is 2. The zero-order valence-electron chi connectivity index (χ0n) is 10.0. The number of aryl methyl sites for hydroxylation is 2. The van der Waals surface area contributed by atoms with Crippen molar-refractivity contribution in [3.8, 4) is 6.07 Å². The van der Waals surface area contributed by atoms with Crippen LogP contribution in [0.5, 0.6) is 0 Å². The predicted molar refractivity (Wildman–Crippen MR) is 65.1 cm³/mol. The fraction of sp³-hybridized carbons (Fsp3) is 0.154. The smallest absolute Gasteiger partial charge is 0.260 e. The molecule has 0 atom stereocenters. The van der Waals surface area contributed by atoms with Crippen molar-refractivity contribution in [2.45, 2.75) is 13.8 Å². The summed E-state index contributed by atoms with van der Waals surface area (Å²) in [6.45, 7) is 3.53. The normalized spacial score (nSPS) is 9.83. The van der Waals surface area contributed by atoms with Gasteiger partial charge < -0.3 is 9.84 Å². The lowest BCUT2D eigenvalue weighted by Gasteiger charge is -2.07. The van der Waals surface area contributed by atoms with E-state index in [0.29, 0.717) is 22.6 Å². The summed E-state index contributed by atoms with van der Waals surface area (Å²) in [4.78, 5) is 12.0. The Kier molecular flexibility index (Phi) is 3.11. The van der Waals surface area contributed by atoms with Gasteiger partial charge in [0, 0.05) is 5.69 Å². The van der Waals surface area contributed by atoms with Crippen LogP contribution in [0, 0.1) is 25.2 Å². The summed E-state index contributed by atoms with van der Waals surface area (Å²) in [5.74, 6) is 0.161. The molecule has 2 rings (SSSR count). The molecule has 0 fully saturated rings. The lowest BCUT2D eigenvalue weighted by Crippen LogP contribution is -2.13. The number of carbonyl (C=O) groups excluding carboxylic acids is 1. The van der Waals surface area contributed by atoms with Crippen LogP contribution in [-0.2, 0) is 0 Å². The number of anilines is 1. The summed E-state index contributed by atoms with van der Waals surface area (Å²) in [7, 11) is 0. The van der Waals surface area contributed by atoms with Gasteiger partial charge in [-0.25, -0.2) is 0 Å². The van der Waals surface area contributed by atoms with Crippen LogP contribution in [0.3, 0.4) is 0 Å². The molecule has 0 aliphatic carbocycles. The summed E-state index contributed by atoms with van der Waals surface area (Å²) in [5, 5.41) is 15.1. The molecule has 1 N–H and O–H groups in total. The van der Waals surface area contributed by atoms with Crippen molar-refractivity contribution in [2.24, 2.45) is 0 Å². The standard InChI is InChI=1S/C13H11N3O2/c1-8-3-4-10(6-14)5-12(8)16-13(17)11-7-15-18-9(11)2/h3-5,7H,1-2H3,(H,16,17). The fourth-order valence-electron chi connectivity index (χ4n) is 1.53. The van der Waals surface area contributed by atoms with Crippen molar-refractivity contribution in [1.29, 1.82) is 5.26 Å². The molecule has 1 aromatic heterocycles. The molecule has 18 heavy (non-hydrogen) atoms. The van der Waals surface area contributed by atoms with Gasteiger partial charge in [-0.1, -0.05) is 11.2 Å². The van der Waals surface area contributed by atoms with Crippen LogP contribution in [-0.4, -0.2) is 11.1 Å². The zero-order valence-corrected chi connectivity index (χ0v) is 10.0. The Morgan fingerprint density at radius 2 is 2.22 bits per heavy atom. The Morgan fingerprint density at radius 1 is 1.44 bits per heavy atom. The van der Waals surface area contributed by atoms with Gasteiger partial charge in [-0.15, -0.1) is 0 Å². The number of nitriles is 1. The Bertz CT molecular complexity index is 638. The van der Waals surface area contributed by atoms with E-state index in [1.54, 1.807) is 25.1 Å². The summed E-state index contributed by atoms with van der Waals surface area (Å²) < 4.78 is 4.84. The molecule has 1 amide bonds. The topological polar surface area (TPSA) is 78.9 Å². The second-order valence-electron chi connectivity index (χ2n) is 3.89. The van der Waals surface area contributed by atoms with Crippen LogP contribution >= 0.6 is 0 Å². The van der Waals surface area contributed by atoms with Crippen molar-refractivity contribution < 1.29 is 9.32 Å². The number of amides is 1. The first kappa shape index (κ1) is 11.9. The first-order valence-electron chi connectivity index (χ1n) is 5.35. The maximum Gasteiger partial charge on any atom is 0.260 e. The van der Waals surface area contributed by atoms with E-state index in [9.17, 15) is 4.79 Å². The molecular formula is C13H11N3O2. The van der Waals surface area contributed by atoms with Gasteiger partial charge in [-0.2, -0.15) is 5.26 Å². The SMILES string of the molecule is Cc1ccc(C#N)cc1NC(=O)c1cnoc1C. The summed E-state index contributed by atoms with van der Waals surface area (Å²) in [5.41, 5.74) is 2.38. The summed E-state index contributed by atoms with van der Waals surface area (Å²) in [6, 6.07) is 7.16. The number of nitrogens with zero attached hydrogens (tertiary/aromatic N) is 2. The van der Waals surface area contributed by atoms with Crippen LogP contribution in [0.2, 0.25) is 0 Å². The number of hydrogen-bond donors (Lipinski definition) is 1. The average molecular weight is 241 g/mol. The molecular weight excluding hydrogens is 230 g/mol. The maximum atomic E-state index is 12.0. The van der Waals surface area contributed by atoms with Crippen molar-refractivity contribution in [3.63, 3.8) is 0 Å². The largest absolute Gasteiger partial charge is 0.361 e. The number of aromatic nitrogens is 1. The Hall–Kier alpha value is -2.61. The van der Waals surface area contributed by atoms with E-state index in [1.807, 2.05) is 13.0 Å². The number of nitrogens with one attached hydrogen (secondary N) is 1. The quantitative estimate of drug-likeness (QED) is 0.875. The fourth-order valence-corrected chi connectivity index (χ4v) is 1.53. The minimum atomic E-state index is -0.299. The molecule has 0 aliphatic rings. The second-order valence-corrected chi connectivity index (χ2v) is 3.89. The molecule has 0 saturated carbocycles. The zero-order chi connectivity index (χ0) is 13.1. The van der Waals surface area contributed by atoms with Gasteiger partial charge in [0.25, 0.3) is 5.91 Å². The van der Waals surface area contributed by atoms with Crippen LogP contribution in [0.4, 0.5) is 5.69 Å². The third-order valence-corrected chi connectivity index (χ3v) is 2.61. The van der Waals surface area contributed by atoms with Crippen LogP contribution in [0.25, 0.3) is 0 Å². The van der Waals surface area contributed by atoms with E-state index in [-0.39, 0.29) is 5.91 Å². The molecule has 1 heterocycles. The van der Waals surface area contributed by atoms with E-state index in [2.05, 4.69) is 10.5 Å². The van der Waals surface area contributed by atoms with E-state index < -0.39 is 0 Å². The minimum Gasteiger partial charge on any atom is -0.361 e. The Balaban J connectivity index is 2.27. The maximum absolute atomic E-state index is 12.0. The minimum absolute atomic E-state index is 0.299. The molecule has 0 radical (unpaired) electrons. The number of hydrogen-bond acceptors (Lipinski definition) is 4. The van der Waals surface area contributed by atoms with Crippen LogP contribution < -0.4 is 5.32 Å². The highest BCUT2D eigenvalue weighted by Gasteiger charge is 2.13. The highest BCUT2D eigenvalue weighted by Crippen LogP contribution is 2.18. The van der Waals surface area contributed by atoms with Gasteiger partial charge >= 0.3 is 0 Å². The van der Waals surface area contributed by atoms with Gasteiger partial charge in [0.2, 0.25) is 0 Å². The lowest BCUT2D eigenvalue weighted by atomic mass is 10.1. The van der Waals surface area contributed by atoms with Crippen LogP contribution in [0.1, 0.15) is 27.2 Å². The van der Waals surface area contributed by atoms with Gasteiger partial charge in [0.05, 0.1) is 17.8 Å². The van der Waals surface area contributed by atoms with Gasteiger partial charge in [0.1, 0.15) is 11.3 Å². The van der Waals surface area contributed by atoms with Crippen molar-refractivity contribution in [3.05, 3.63) is 46.8 Å². The molecule has 2 aromatic rings. The van der Waals surface area contributed by atoms with Gasteiger partial charge in [0.15, 0.2) is 0 Å². The van der Waals surface area contributed by atoms with Crippen LogP contribution in [0.15, 0.2) is 28.9 Å². The first-order valence-corrected chi connectivity index (χ1v) is 5.35. The van der Waals surface area contributed by atoms with E-state index in [4.69, 9.17) is 9.78 Å². The predicted octanol–water partition coefficient (Wildman–Crippen LogP) is 2.42. The highest BCUT2D eigenvalue weighted by atomic mass is 16.5. The molecule has 0 unspecified atom stereocenters.